The van der Waals surface area contributed by atoms with E-state index >= 15 is 0 Å². The number of hydrogen-bond acceptors (Lipinski definition) is 10. The lowest BCUT2D eigenvalue weighted by Crippen LogP contribution is -2.76. The van der Waals surface area contributed by atoms with Crippen molar-refractivity contribution in [2.45, 2.75) is 36.1 Å². The van der Waals surface area contributed by atoms with E-state index in [0.29, 0.717) is 0 Å². The summed E-state index contributed by atoms with van der Waals surface area (Å²) in [5.41, 5.74) is 3.54. The van der Waals surface area contributed by atoms with E-state index in [1.165, 1.54) is 0 Å². The van der Waals surface area contributed by atoms with Crippen LogP contribution in [-0.2, 0) is 0 Å². The zero-order valence-electron chi connectivity index (χ0n) is 10.2. The van der Waals surface area contributed by atoms with Crippen molar-refractivity contribution in [3.05, 3.63) is 0 Å². The maximum Gasteiger partial charge on any atom is 0.305 e. The number of aliphatic hydroxyl groups excluding tert-OH is 4. The number of fused-ring (bicyclic) bond motifs is 3. The maximum atomic E-state index is 10.3. The number of hydrogen-bond donors (Lipinski definition) is 9. The Labute approximate surface area is 112 Å². The standard InChI is InChI=1S/C10H17N3O7/c11-8-12-6(16)3-1-2(4(1)14)5(15)9(3,13-8)7(17)10(18,19)20/h1-7,14-20H,(H3,11,12,13). The predicted octanol–water partition coefficient (Wildman–Crippen LogP) is -5.45. The molecule has 0 saturated heterocycles. The lowest BCUT2D eigenvalue weighted by atomic mass is 9.73. The molecule has 1 heterocycles. The summed E-state index contributed by atoms with van der Waals surface area (Å²) in [6.07, 6.45) is -6.10. The Morgan fingerprint density at radius 1 is 1.20 bits per heavy atom. The first kappa shape index (κ1) is 13.9. The highest BCUT2D eigenvalue weighted by Crippen LogP contribution is 2.62. The molecule has 0 spiro atoms. The fourth-order valence-electron chi connectivity index (χ4n) is 3.84. The van der Waals surface area contributed by atoms with Crippen LogP contribution in [0.25, 0.3) is 0 Å². The molecule has 10 heteroatoms. The summed E-state index contributed by atoms with van der Waals surface area (Å²) >= 11 is 0. The molecule has 0 bridgehead atoms. The summed E-state index contributed by atoms with van der Waals surface area (Å²) in [5.74, 6) is -6.16. The van der Waals surface area contributed by atoms with E-state index in [-0.39, 0.29) is 5.96 Å². The SMILES string of the molecule is NC1=NC(O)C2C3C(O)C3C(O)C2(C(O)C(O)(O)O)N1. The van der Waals surface area contributed by atoms with Crippen LogP contribution >= 0.6 is 0 Å². The lowest BCUT2D eigenvalue weighted by Gasteiger charge is -2.49. The maximum absolute atomic E-state index is 10.3. The quantitative estimate of drug-likeness (QED) is 0.223. The number of nitrogens with two attached hydrogens (primary N) is 1. The second-order valence-electron chi connectivity index (χ2n) is 5.69. The van der Waals surface area contributed by atoms with Gasteiger partial charge in [0.2, 0.25) is 0 Å². The second-order valence-corrected chi connectivity index (χ2v) is 5.69. The van der Waals surface area contributed by atoms with E-state index < -0.39 is 53.8 Å². The van der Waals surface area contributed by atoms with Crippen molar-refractivity contribution in [3.8, 4) is 0 Å². The van der Waals surface area contributed by atoms with E-state index in [9.17, 15) is 35.7 Å². The minimum Gasteiger partial charge on any atom is -0.392 e. The molecule has 10 N–H and O–H groups in total. The highest BCUT2D eigenvalue weighted by molar-refractivity contribution is 5.80. The normalized spacial score (nSPS) is 51.6. The molecule has 2 saturated carbocycles. The molecule has 114 valence electrons. The van der Waals surface area contributed by atoms with E-state index in [4.69, 9.17) is 5.73 Å². The van der Waals surface area contributed by atoms with Crippen LogP contribution in [0.1, 0.15) is 0 Å². The van der Waals surface area contributed by atoms with Gasteiger partial charge in [-0.15, -0.1) is 0 Å². The Bertz CT molecular complexity index is 466. The van der Waals surface area contributed by atoms with E-state index in [1.807, 2.05) is 0 Å². The molecule has 0 radical (unpaired) electrons. The van der Waals surface area contributed by atoms with Crippen molar-refractivity contribution in [1.82, 2.24) is 5.32 Å². The van der Waals surface area contributed by atoms with E-state index in [1.54, 1.807) is 0 Å². The van der Waals surface area contributed by atoms with Gasteiger partial charge in [0.15, 0.2) is 18.3 Å². The second kappa shape index (κ2) is 3.80. The number of nitrogens with one attached hydrogen (secondary N) is 1. The smallest absolute Gasteiger partial charge is 0.305 e. The largest absolute Gasteiger partial charge is 0.392 e. The average Bonchev–Trinajstić information content (AvgIpc) is 2.86. The number of aliphatic imine (C=N–C) groups is 1. The summed E-state index contributed by atoms with van der Waals surface area (Å²) in [4.78, 5) is 3.64. The molecule has 8 atom stereocenters. The minimum absolute atomic E-state index is 0.327. The van der Waals surface area contributed by atoms with E-state index in [0.717, 1.165) is 0 Å². The third-order valence-electron chi connectivity index (χ3n) is 4.67. The predicted molar refractivity (Wildman–Crippen MR) is 61.4 cm³/mol. The van der Waals surface area contributed by atoms with Crippen LogP contribution in [0.2, 0.25) is 0 Å². The molecule has 8 unspecified atom stereocenters. The Balaban J connectivity index is 2.08. The van der Waals surface area contributed by atoms with Crippen LogP contribution < -0.4 is 11.1 Å². The average molecular weight is 291 g/mol. The van der Waals surface area contributed by atoms with Gasteiger partial charge in [-0.25, -0.2) is 4.99 Å². The molecule has 3 aliphatic rings. The minimum atomic E-state index is -3.52. The first-order chi connectivity index (χ1) is 9.12. The Morgan fingerprint density at radius 3 is 2.35 bits per heavy atom. The molecule has 0 amide bonds. The van der Waals surface area contributed by atoms with Crippen molar-refractivity contribution in [2.24, 2.45) is 28.5 Å². The van der Waals surface area contributed by atoms with Crippen molar-refractivity contribution < 1.29 is 35.7 Å². The van der Waals surface area contributed by atoms with Gasteiger partial charge in [0, 0.05) is 17.8 Å². The third-order valence-corrected chi connectivity index (χ3v) is 4.67. The van der Waals surface area contributed by atoms with Crippen molar-refractivity contribution in [1.29, 1.82) is 0 Å². The molecule has 3 rings (SSSR count). The van der Waals surface area contributed by atoms with Crippen LogP contribution in [0.4, 0.5) is 0 Å². The fourth-order valence-corrected chi connectivity index (χ4v) is 3.84. The third kappa shape index (κ3) is 1.49. The molecular weight excluding hydrogens is 274 g/mol. The molecule has 2 fully saturated rings. The molecular formula is C10H17N3O7. The van der Waals surface area contributed by atoms with Crippen LogP contribution in [0, 0.1) is 17.8 Å². The Morgan fingerprint density at radius 2 is 1.80 bits per heavy atom. The van der Waals surface area contributed by atoms with E-state index in [2.05, 4.69) is 10.3 Å². The molecule has 0 aromatic carbocycles. The molecule has 20 heavy (non-hydrogen) atoms. The van der Waals surface area contributed by atoms with Crippen LogP contribution in [-0.4, -0.2) is 77.8 Å². The molecule has 1 aliphatic heterocycles. The van der Waals surface area contributed by atoms with Gasteiger partial charge in [-0.1, -0.05) is 0 Å². The Hall–Kier alpha value is -1.01. The van der Waals surface area contributed by atoms with Crippen LogP contribution in [0.5, 0.6) is 0 Å². The zero-order chi connectivity index (χ0) is 15.0. The van der Waals surface area contributed by atoms with Gasteiger partial charge in [0.1, 0.15) is 5.54 Å². The number of nitrogens with zero attached hydrogens (tertiary/aromatic N) is 1. The molecule has 0 aromatic heterocycles. The summed E-state index contributed by atoms with van der Waals surface area (Å²) < 4.78 is 0. The molecule has 10 nitrogen and oxygen atoms in total. The van der Waals surface area contributed by atoms with Crippen molar-refractivity contribution in [3.63, 3.8) is 0 Å². The first-order valence-corrected chi connectivity index (χ1v) is 6.13. The zero-order valence-corrected chi connectivity index (χ0v) is 10.2. The van der Waals surface area contributed by atoms with Gasteiger partial charge in [0.25, 0.3) is 0 Å². The lowest BCUT2D eigenvalue weighted by molar-refractivity contribution is -0.373. The number of rotatable bonds is 2. The topological polar surface area (TPSA) is 192 Å². The van der Waals surface area contributed by atoms with Crippen LogP contribution in [0.15, 0.2) is 4.99 Å². The number of aliphatic hydroxyl groups is 7. The molecule has 2 aliphatic carbocycles. The summed E-state index contributed by atoms with van der Waals surface area (Å²) in [5, 5.41) is 70.1. The van der Waals surface area contributed by atoms with Gasteiger partial charge in [-0.05, 0) is 0 Å². The Kier molecular flexibility index (Phi) is 2.65. The van der Waals surface area contributed by atoms with Crippen molar-refractivity contribution in [2.75, 3.05) is 0 Å². The first-order valence-electron chi connectivity index (χ1n) is 6.13. The van der Waals surface area contributed by atoms with Gasteiger partial charge in [-0.2, -0.15) is 0 Å². The summed E-state index contributed by atoms with van der Waals surface area (Å²) in [6, 6.07) is 0. The highest BCUT2D eigenvalue weighted by Gasteiger charge is 2.79. The van der Waals surface area contributed by atoms with Gasteiger partial charge in [-0.3, -0.25) is 0 Å². The fraction of sp³-hybridized carbons (Fsp3) is 0.900. The molecule has 0 aromatic rings. The highest BCUT2D eigenvalue weighted by atomic mass is 16.7. The van der Waals surface area contributed by atoms with Crippen LogP contribution in [0.3, 0.4) is 0 Å². The van der Waals surface area contributed by atoms with Crippen molar-refractivity contribution >= 4 is 5.96 Å². The summed E-state index contributed by atoms with van der Waals surface area (Å²) in [6.45, 7) is 0. The number of guanidine groups is 1. The van der Waals surface area contributed by atoms with Gasteiger partial charge < -0.3 is 46.8 Å². The summed E-state index contributed by atoms with van der Waals surface area (Å²) in [7, 11) is 0. The monoisotopic (exact) mass is 291 g/mol. The van der Waals surface area contributed by atoms with Gasteiger partial charge in [0.05, 0.1) is 12.2 Å². The van der Waals surface area contributed by atoms with Gasteiger partial charge >= 0.3 is 5.97 Å².